The van der Waals surface area contributed by atoms with E-state index in [-0.39, 0.29) is 10.8 Å². The summed E-state index contributed by atoms with van der Waals surface area (Å²) >= 11 is 0. The zero-order valence-corrected chi connectivity index (χ0v) is 15.8. The number of carbonyl (C=O) groups is 1. The van der Waals surface area contributed by atoms with Crippen molar-refractivity contribution < 1.29 is 17.9 Å². The first-order chi connectivity index (χ1) is 12.5. The molecular weight excluding hydrogens is 352 g/mol. The number of ether oxygens (including phenoxy) is 1. The molecule has 0 atom stereocenters. The van der Waals surface area contributed by atoms with Gasteiger partial charge in [-0.15, -0.1) is 0 Å². The van der Waals surface area contributed by atoms with Crippen molar-refractivity contribution in [1.29, 1.82) is 0 Å². The van der Waals surface area contributed by atoms with Gasteiger partial charge in [0.2, 0.25) is 0 Å². The fourth-order valence-electron chi connectivity index (χ4n) is 2.36. The fraction of sp³-hybridized carbons (Fsp3) is 0.316. The van der Waals surface area contributed by atoms with Crippen LogP contribution in [0, 0.1) is 0 Å². The zero-order chi connectivity index (χ0) is 19.0. The van der Waals surface area contributed by atoms with Gasteiger partial charge in [-0.1, -0.05) is 25.8 Å². The minimum atomic E-state index is -3.79. The highest BCUT2D eigenvalue weighted by Gasteiger charge is 2.16. The Bertz CT molecular complexity index is 833. The van der Waals surface area contributed by atoms with Crippen LogP contribution in [0.3, 0.4) is 0 Å². The van der Waals surface area contributed by atoms with Crippen LogP contribution in [0.15, 0.2) is 53.4 Å². The first-order valence-electron chi connectivity index (χ1n) is 8.51. The first kappa shape index (κ1) is 19.8. The monoisotopic (exact) mass is 376 g/mol. The van der Waals surface area contributed by atoms with Gasteiger partial charge in [0.15, 0.2) is 0 Å². The van der Waals surface area contributed by atoms with Gasteiger partial charge in [-0.3, -0.25) is 9.52 Å². The number of amides is 1. The minimum absolute atomic E-state index is 0.0366. The lowest BCUT2D eigenvalue weighted by Gasteiger charge is -2.10. The van der Waals surface area contributed by atoms with Crippen LogP contribution in [-0.2, 0) is 10.0 Å². The number of sulfonamides is 1. The van der Waals surface area contributed by atoms with Crippen LogP contribution in [0.4, 0.5) is 5.69 Å². The molecule has 0 spiro atoms. The molecule has 2 aromatic carbocycles. The van der Waals surface area contributed by atoms with Gasteiger partial charge in [-0.05, 0) is 48.9 Å². The van der Waals surface area contributed by atoms with E-state index in [2.05, 4.69) is 17.0 Å². The summed E-state index contributed by atoms with van der Waals surface area (Å²) in [5, 5.41) is 2.81. The normalized spacial score (nSPS) is 11.0. The van der Waals surface area contributed by atoms with Gasteiger partial charge in [0, 0.05) is 17.8 Å². The number of anilines is 1. The second-order valence-corrected chi connectivity index (χ2v) is 7.51. The maximum absolute atomic E-state index is 12.6. The molecule has 0 saturated carbocycles. The Kier molecular flexibility index (Phi) is 7.03. The van der Waals surface area contributed by atoms with E-state index in [9.17, 15) is 13.2 Å². The van der Waals surface area contributed by atoms with E-state index in [0.29, 0.717) is 23.5 Å². The van der Waals surface area contributed by atoms with Gasteiger partial charge in [-0.2, -0.15) is 0 Å². The number of unbranched alkanes of at least 4 members (excludes halogenated alkanes) is 2. The molecule has 0 saturated heterocycles. The van der Waals surface area contributed by atoms with Crippen LogP contribution in [-0.4, -0.2) is 28.0 Å². The minimum Gasteiger partial charge on any atom is -0.497 e. The Balaban J connectivity index is 2.10. The Labute approximate surface area is 154 Å². The summed E-state index contributed by atoms with van der Waals surface area (Å²) in [6.45, 7) is 2.67. The highest BCUT2D eigenvalue weighted by molar-refractivity contribution is 7.92. The van der Waals surface area contributed by atoms with Crippen LogP contribution in [0.25, 0.3) is 0 Å². The van der Waals surface area contributed by atoms with Crippen LogP contribution in [0.5, 0.6) is 5.75 Å². The van der Waals surface area contributed by atoms with Crippen molar-refractivity contribution in [2.75, 3.05) is 18.4 Å². The Morgan fingerprint density at radius 1 is 1.08 bits per heavy atom. The number of carbonyl (C=O) groups excluding carboxylic acids is 1. The summed E-state index contributed by atoms with van der Waals surface area (Å²) in [6.07, 6.45) is 3.01. The molecule has 140 valence electrons. The molecule has 0 unspecified atom stereocenters. The number of hydrogen-bond acceptors (Lipinski definition) is 4. The van der Waals surface area contributed by atoms with E-state index < -0.39 is 10.0 Å². The average molecular weight is 376 g/mol. The molecule has 7 heteroatoms. The lowest BCUT2D eigenvalue weighted by molar-refractivity contribution is 0.0952. The third-order valence-corrected chi connectivity index (χ3v) is 5.19. The van der Waals surface area contributed by atoms with Crippen molar-refractivity contribution in [3.05, 3.63) is 54.1 Å². The predicted octanol–water partition coefficient (Wildman–Crippen LogP) is 3.42. The summed E-state index contributed by atoms with van der Waals surface area (Å²) in [5.74, 6) is 0.359. The molecule has 0 heterocycles. The molecule has 0 aromatic heterocycles. The zero-order valence-electron chi connectivity index (χ0n) is 15.0. The predicted molar refractivity (Wildman–Crippen MR) is 102 cm³/mol. The highest BCUT2D eigenvalue weighted by atomic mass is 32.2. The molecule has 2 N–H and O–H groups in total. The molecule has 0 aliphatic carbocycles. The van der Waals surface area contributed by atoms with Crippen molar-refractivity contribution in [3.8, 4) is 5.75 Å². The van der Waals surface area contributed by atoms with Crippen molar-refractivity contribution in [2.45, 2.75) is 31.1 Å². The standard InChI is InChI=1S/C19H24N2O4S/c1-3-4-5-13-20-19(22)15-7-6-8-18(14-15)26(23,24)21-16-9-11-17(25-2)12-10-16/h6-12,14,21H,3-5,13H2,1-2H3,(H,20,22). The number of benzene rings is 2. The van der Waals surface area contributed by atoms with E-state index in [4.69, 9.17) is 4.74 Å². The van der Waals surface area contributed by atoms with Crippen LogP contribution in [0.1, 0.15) is 36.5 Å². The van der Waals surface area contributed by atoms with Gasteiger partial charge < -0.3 is 10.1 Å². The molecule has 0 fully saturated rings. The topological polar surface area (TPSA) is 84.5 Å². The summed E-state index contributed by atoms with van der Waals surface area (Å²) in [5.41, 5.74) is 0.735. The molecular formula is C19H24N2O4S. The molecule has 0 bridgehead atoms. The van der Waals surface area contributed by atoms with Crippen molar-refractivity contribution in [1.82, 2.24) is 5.32 Å². The average Bonchev–Trinajstić information content (AvgIpc) is 2.65. The van der Waals surface area contributed by atoms with Gasteiger partial charge in [-0.25, -0.2) is 8.42 Å². The maximum Gasteiger partial charge on any atom is 0.261 e. The number of nitrogens with one attached hydrogen (secondary N) is 2. The number of rotatable bonds is 9. The van der Waals surface area contributed by atoms with Crippen molar-refractivity contribution >= 4 is 21.6 Å². The SMILES string of the molecule is CCCCCNC(=O)c1cccc(S(=O)(=O)Nc2ccc(OC)cc2)c1. The van der Waals surface area contributed by atoms with Crippen LogP contribution in [0.2, 0.25) is 0 Å². The molecule has 6 nitrogen and oxygen atoms in total. The maximum atomic E-state index is 12.6. The fourth-order valence-corrected chi connectivity index (χ4v) is 3.46. The summed E-state index contributed by atoms with van der Waals surface area (Å²) in [4.78, 5) is 12.2. The Morgan fingerprint density at radius 3 is 2.46 bits per heavy atom. The van der Waals surface area contributed by atoms with E-state index in [0.717, 1.165) is 19.3 Å². The second kappa shape index (κ2) is 9.24. The smallest absolute Gasteiger partial charge is 0.261 e. The van der Waals surface area contributed by atoms with E-state index >= 15 is 0 Å². The second-order valence-electron chi connectivity index (χ2n) is 5.82. The van der Waals surface area contributed by atoms with Gasteiger partial charge >= 0.3 is 0 Å². The lowest BCUT2D eigenvalue weighted by atomic mass is 10.2. The third-order valence-electron chi connectivity index (χ3n) is 3.81. The van der Waals surface area contributed by atoms with E-state index in [1.165, 1.54) is 19.2 Å². The molecule has 0 aliphatic heterocycles. The largest absolute Gasteiger partial charge is 0.497 e. The van der Waals surface area contributed by atoms with Gasteiger partial charge in [0.1, 0.15) is 5.75 Å². The number of methoxy groups -OCH3 is 1. The van der Waals surface area contributed by atoms with Crippen molar-refractivity contribution in [2.24, 2.45) is 0 Å². The molecule has 0 aliphatic rings. The van der Waals surface area contributed by atoms with Crippen LogP contribution < -0.4 is 14.8 Å². The molecule has 2 aromatic rings. The van der Waals surface area contributed by atoms with Crippen LogP contribution >= 0.6 is 0 Å². The van der Waals surface area contributed by atoms with Gasteiger partial charge in [0.25, 0.3) is 15.9 Å². The molecule has 26 heavy (non-hydrogen) atoms. The summed E-state index contributed by atoms with van der Waals surface area (Å²) in [6, 6.07) is 12.5. The van der Waals surface area contributed by atoms with E-state index in [1.54, 1.807) is 36.4 Å². The van der Waals surface area contributed by atoms with Crippen molar-refractivity contribution in [3.63, 3.8) is 0 Å². The summed E-state index contributed by atoms with van der Waals surface area (Å²) in [7, 11) is -2.25. The first-order valence-corrected chi connectivity index (χ1v) is 9.99. The lowest BCUT2D eigenvalue weighted by Crippen LogP contribution is -2.24. The summed E-state index contributed by atoms with van der Waals surface area (Å²) < 4.78 is 32.7. The molecule has 1 amide bonds. The quantitative estimate of drug-likeness (QED) is 0.657. The molecule has 2 rings (SSSR count). The molecule has 0 radical (unpaired) electrons. The Morgan fingerprint density at radius 2 is 1.81 bits per heavy atom. The Hall–Kier alpha value is -2.54. The van der Waals surface area contributed by atoms with E-state index in [1.807, 2.05) is 0 Å². The highest BCUT2D eigenvalue weighted by Crippen LogP contribution is 2.20. The van der Waals surface area contributed by atoms with Gasteiger partial charge in [0.05, 0.1) is 12.0 Å². The number of hydrogen-bond donors (Lipinski definition) is 2. The third kappa shape index (κ3) is 5.49.